The number of hydrogen-bond acceptors (Lipinski definition) is 4. The van der Waals surface area contributed by atoms with Gasteiger partial charge in [0, 0.05) is 34.5 Å². The van der Waals surface area contributed by atoms with Gasteiger partial charge in [-0.3, -0.25) is 4.84 Å². The molecule has 4 aromatic rings. The first-order valence-electron chi connectivity index (χ1n) is 9.13. The van der Waals surface area contributed by atoms with E-state index < -0.39 is 0 Å². The fourth-order valence-corrected chi connectivity index (χ4v) is 3.08. The van der Waals surface area contributed by atoms with E-state index in [2.05, 4.69) is 26.3 Å². The molecule has 3 heterocycles. The summed E-state index contributed by atoms with van der Waals surface area (Å²) < 4.78 is 4.32. The summed E-state index contributed by atoms with van der Waals surface area (Å²) >= 11 is 3.53. The van der Waals surface area contributed by atoms with E-state index in [9.17, 15) is 0 Å². The van der Waals surface area contributed by atoms with E-state index in [1.165, 1.54) is 0 Å². The topological polar surface area (TPSA) is 55.3 Å². The standard InChI is InChI=1S/C19H17BrN5O.C2H6/c1-26-24-9-5-6-14(13-24)11-21-18-10-17(15-7-3-2-4-8-15)23-19-16(20)12-22-25(18)19;1-2/h2-10,12-13,21H,11H2,1H3;1-2H3/q+1;. The maximum absolute atomic E-state index is 5.21. The number of halogens is 1. The van der Waals surface area contributed by atoms with Gasteiger partial charge in [-0.05, 0) is 22.0 Å². The number of anilines is 1. The van der Waals surface area contributed by atoms with Crippen LogP contribution in [-0.2, 0) is 6.54 Å². The minimum Gasteiger partial charge on any atom is -0.366 e. The van der Waals surface area contributed by atoms with Crippen molar-refractivity contribution in [3.05, 3.63) is 77.2 Å². The van der Waals surface area contributed by atoms with E-state index in [0.717, 1.165) is 32.8 Å². The van der Waals surface area contributed by atoms with Gasteiger partial charge in [0.2, 0.25) is 12.4 Å². The molecule has 7 heteroatoms. The van der Waals surface area contributed by atoms with Crippen LogP contribution in [0.3, 0.4) is 0 Å². The van der Waals surface area contributed by atoms with E-state index in [4.69, 9.17) is 9.82 Å². The number of hydrogen-bond donors (Lipinski definition) is 1. The zero-order chi connectivity index (χ0) is 19.9. The Balaban J connectivity index is 0.00000109. The van der Waals surface area contributed by atoms with Crippen LogP contribution in [0.15, 0.2) is 71.6 Å². The van der Waals surface area contributed by atoms with Crippen LogP contribution in [-0.4, -0.2) is 21.7 Å². The van der Waals surface area contributed by atoms with E-state index >= 15 is 0 Å². The van der Waals surface area contributed by atoms with Gasteiger partial charge in [-0.2, -0.15) is 9.61 Å². The molecule has 0 saturated heterocycles. The van der Waals surface area contributed by atoms with Gasteiger partial charge in [0.1, 0.15) is 12.9 Å². The third-order valence-corrected chi connectivity index (χ3v) is 4.58. The lowest BCUT2D eigenvalue weighted by Crippen LogP contribution is -2.40. The first-order chi connectivity index (χ1) is 13.7. The Morgan fingerprint density at radius 2 is 1.93 bits per heavy atom. The number of nitrogens with zero attached hydrogens (tertiary/aromatic N) is 4. The highest BCUT2D eigenvalue weighted by Gasteiger charge is 2.12. The highest BCUT2D eigenvalue weighted by molar-refractivity contribution is 9.10. The van der Waals surface area contributed by atoms with Gasteiger partial charge in [-0.1, -0.05) is 44.2 Å². The molecule has 144 valence electrons. The SMILES string of the molecule is CC.CO[n+]1cccc(CNc2cc(-c3ccccc3)nc3c(Br)cnn23)c1. The minimum atomic E-state index is 0.634. The van der Waals surface area contributed by atoms with Crippen molar-refractivity contribution in [2.24, 2.45) is 0 Å². The van der Waals surface area contributed by atoms with Crippen LogP contribution in [0, 0.1) is 0 Å². The second-order valence-corrected chi connectivity index (χ2v) is 6.58. The largest absolute Gasteiger partial charge is 0.366 e. The monoisotopic (exact) mass is 440 g/mol. The molecule has 0 unspecified atom stereocenters. The summed E-state index contributed by atoms with van der Waals surface area (Å²) in [7, 11) is 1.64. The predicted octanol–water partition coefficient (Wildman–Crippen LogP) is 4.14. The summed E-state index contributed by atoms with van der Waals surface area (Å²) in [5.74, 6) is 0.868. The Hall–Kier alpha value is -2.93. The van der Waals surface area contributed by atoms with Crippen molar-refractivity contribution in [2.45, 2.75) is 20.4 Å². The van der Waals surface area contributed by atoms with Crippen molar-refractivity contribution in [1.82, 2.24) is 14.6 Å². The molecule has 3 aromatic heterocycles. The van der Waals surface area contributed by atoms with Crippen molar-refractivity contribution in [2.75, 3.05) is 12.4 Å². The van der Waals surface area contributed by atoms with Crippen molar-refractivity contribution in [3.63, 3.8) is 0 Å². The minimum absolute atomic E-state index is 0.634. The maximum Gasteiger partial charge on any atom is 0.227 e. The number of nitrogens with one attached hydrogen (secondary N) is 1. The first-order valence-corrected chi connectivity index (χ1v) is 9.92. The van der Waals surface area contributed by atoms with E-state index in [1.54, 1.807) is 22.6 Å². The Morgan fingerprint density at radius 1 is 1.14 bits per heavy atom. The molecule has 0 spiro atoms. The van der Waals surface area contributed by atoms with Crippen LogP contribution in [0.2, 0.25) is 0 Å². The van der Waals surface area contributed by atoms with Gasteiger partial charge in [0.15, 0.2) is 5.65 Å². The van der Waals surface area contributed by atoms with Crippen molar-refractivity contribution < 1.29 is 9.57 Å². The average molecular weight is 441 g/mol. The Labute approximate surface area is 172 Å². The number of benzene rings is 1. The van der Waals surface area contributed by atoms with Crippen LogP contribution < -0.4 is 14.9 Å². The van der Waals surface area contributed by atoms with Crippen molar-refractivity contribution in [1.29, 1.82) is 0 Å². The van der Waals surface area contributed by atoms with Crippen LogP contribution in [0.4, 0.5) is 5.82 Å². The highest BCUT2D eigenvalue weighted by Crippen LogP contribution is 2.25. The van der Waals surface area contributed by atoms with Crippen molar-refractivity contribution >= 4 is 27.4 Å². The maximum atomic E-state index is 5.21. The summed E-state index contributed by atoms with van der Waals surface area (Å²) in [6.45, 7) is 4.63. The highest BCUT2D eigenvalue weighted by atomic mass is 79.9. The fraction of sp³-hybridized carbons (Fsp3) is 0.190. The molecule has 0 radical (unpaired) electrons. The van der Waals surface area contributed by atoms with Crippen LogP contribution in [0.25, 0.3) is 16.9 Å². The van der Waals surface area contributed by atoms with Gasteiger partial charge in [-0.15, -0.1) is 0 Å². The molecule has 6 nitrogen and oxygen atoms in total. The normalized spacial score (nSPS) is 10.3. The van der Waals surface area contributed by atoms with Gasteiger partial charge >= 0.3 is 0 Å². The average Bonchev–Trinajstić information content (AvgIpc) is 3.15. The van der Waals surface area contributed by atoms with Gasteiger partial charge in [-0.25, -0.2) is 4.98 Å². The molecule has 0 saturated carbocycles. The molecule has 4 rings (SSSR count). The summed E-state index contributed by atoms with van der Waals surface area (Å²) in [6.07, 6.45) is 5.54. The van der Waals surface area contributed by atoms with Crippen LogP contribution in [0.1, 0.15) is 19.4 Å². The number of fused-ring (bicyclic) bond motifs is 1. The fourth-order valence-electron chi connectivity index (χ4n) is 2.73. The second-order valence-electron chi connectivity index (χ2n) is 5.73. The number of rotatable bonds is 5. The summed E-state index contributed by atoms with van der Waals surface area (Å²) in [5.41, 5.74) is 3.81. The summed E-state index contributed by atoms with van der Waals surface area (Å²) in [5, 5.41) is 7.86. The Bertz CT molecular complexity index is 1050. The Kier molecular flexibility index (Phi) is 6.60. The molecule has 0 atom stereocenters. The van der Waals surface area contributed by atoms with Crippen LogP contribution in [0.5, 0.6) is 0 Å². The molecule has 0 aliphatic heterocycles. The number of aromatic nitrogens is 4. The molecule has 1 N–H and O–H groups in total. The lowest BCUT2D eigenvalue weighted by atomic mass is 10.1. The number of pyridine rings is 1. The molecule has 0 aliphatic carbocycles. The van der Waals surface area contributed by atoms with E-state index in [0.29, 0.717) is 6.54 Å². The predicted molar refractivity (Wildman–Crippen MR) is 114 cm³/mol. The second kappa shape index (κ2) is 9.32. The molecular formula is C21H23BrN5O+. The Morgan fingerprint density at radius 3 is 2.68 bits per heavy atom. The third kappa shape index (κ3) is 4.31. The summed E-state index contributed by atoms with van der Waals surface area (Å²) in [4.78, 5) is 9.95. The van der Waals surface area contributed by atoms with Gasteiger partial charge in [0.05, 0.1) is 16.4 Å². The molecule has 0 amide bonds. The molecule has 0 fully saturated rings. The van der Waals surface area contributed by atoms with Gasteiger partial charge in [0.25, 0.3) is 0 Å². The first kappa shape index (κ1) is 19.8. The van der Waals surface area contributed by atoms with E-state index in [1.807, 2.05) is 74.8 Å². The molecule has 1 aromatic carbocycles. The quantitative estimate of drug-likeness (QED) is 0.473. The molecular weight excluding hydrogens is 418 g/mol. The molecule has 0 aliphatic rings. The zero-order valence-electron chi connectivity index (χ0n) is 16.1. The third-order valence-electron chi connectivity index (χ3n) is 4.02. The molecule has 28 heavy (non-hydrogen) atoms. The molecule has 0 bridgehead atoms. The van der Waals surface area contributed by atoms with E-state index in [-0.39, 0.29) is 0 Å². The lowest BCUT2D eigenvalue weighted by molar-refractivity contribution is -0.885. The smallest absolute Gasteiger partial charge is 0.227 e. The zero-order valence-corrected chi connectivity index (χ0v) is 17.7. The van der Waals surface area contributed by atoms with Crippen LogP contribution >= 0.6 is 15.9 Å². The lowest BCUT2D eigenvalue weighted by Gasteiger charge is -2.10. The summed E-state index contributed by atoms with van der Waals surface area (Å²) in [6, 6.07) is 16.1. The van der Waals surface area contributed by atoms with Crippen molar-refractivity contribution in [3.8, 4) is 11.3 Å². The van der Waals surface area contributed by atoms with Gasteiger partial charge < -0.3 is 5.32 Å².